The van der Waals surface area contributed by atoms with Crippen LogP contribution in [-0.2, 0) is 17.8 Å². The second-order valence-corrected chi connectivity index (χ2v) is 6.57. The summed E-state index contributed by atoms with van der Waals surface area (Å²) >= 11 is 0. The molecule has 1 aromatic carbocycles. The average Bonchev–Trinajstić information content (AvgIpc) is 2.46. The van der Waals surface area contributed by atoms with Crippen molar-refractivity contribution in [2.24, 2.45) is 11.8 Å². The van der Waals surface area contributed by atoms with Gasteiger partial charge in [-0.2, -0.15) is 0 Å². The van der Waals surface area contributed by atoms with Crippen molar-refractivity contribution in [3.63, 3.8) is 0 Å². The van der Waals surface area contributed by atoms with E-state index in [0.29, 0.717) is 12.3 Å². The van der Waals surface area contributed by atoms with E-state index in [1.54, 1.807) is 0 Å². The van der Waals surface area contributed by atoms with E-state index in [1.165, 1.54) is 43.2 Å². The Morgan fingerprint density at radius 2 is 1.90 bits per heavy atom. The van der Waals surface area contributed by atoms with Crippen molar-refractivity contribution in [2.45, 2.75) is 52.0 Å². The molecular weight excluding hydrogens is 246 g/mol. The average molecular weight is 271 g/mol. The Morgan fingerprint density at radius 1 is 1.15 bits per heavy atom. The molecule has 1 aromatic rings. The van der Waals surface area contributed by atoms with Crippen molar-refractivity contribution in [3.05, 3.63) is 35.4 Å². The Labute approximate surface area is 122 Å². The molecule has 108 valence electrons. The van der Waals surface area contributed by atoms with Crippen LogP contribution in [0.3, 0.4) is 0 Å². The molecule has 0 N–H and O–H groups in total. The van der Waals surface area contributed by atoms with E-state index in [2.05, 4.69) is 30.0 Å². The molecule has 0 bridgehead atoms. The number of rotatable bonds is 3. The second kappa shape index (κ2) is 5.99. The van der Waals surface area contributed by atoms with Crippen LogP contribution in [0, 0.1) is 11.8 Å². The lowest BCUT2D eigenvalue weighted by molar-refractivity contribution is -0.132. The number of benzene rings is 1. The fourth-order valence-electron chi connectivity index (χ4n) is 3.80. The molecule has 1 fully saturated rings. The number of fused-ring (bicyclic) bond motifs is 1. The fourth-order valence-corrected chi connectivity index (χ4v) is 3.80. The van der Waals surface area contributed by atoms with Crippen molar-refractivity contribution in [2.75, 3.05) is 6.54 Å². The van der Waals surface area contributed by atoms with Gasteiger partial charge in [0.15, 0.2) is 0 Å². The van der Waals surface area contributed by atoms with Crippen LogP contribution in [0.2, 0.25) is 0 Å². The van der Waals surface area contributed by atoms with E-state index in [9.17, 15) is 4.79 Å². The highest BCUT2D eigenvalue weighted by molar-refractivity contribution is 5.80. The molecule has 1 aliphatic carbocycles. The fraction of sp³-hybridized carbons (Fsp3) is 0.611. The van der Waals surface area contributed by atoms with Gasteiger partial charge in [-0.15, -0.1) is 0 Å². The van der Waals surface area contributed by atoms with Crippen molar-refractivity contribution in [1.29, 1.82) is 0 Å². The van der Waals surface area contributed by atoms with Crippen LogP contribution in [0.4, 0.5) is 0 Å². The summed E-state index contributed by atoms with van der Waals surface area (Å²) in [6, 6.07) is 8.37. The van der Waals surface area contributed by atoms with E-state index >= 15 is 0 Å². The molecule has 2 atom stereocenters. The molecular formula is C18H25NO. The van der Waals surface area contributed by atoms with E-state index in [0.717, 1.165) is 24.9 Å². The van der Waals surface area contributed by atoms with E-state index in [-0.39, 0.29) is 0 Å². The predicted octanol–water partition coefficient (Wildman–Crippen LogP) is 3.79. The Hall–Kier alpha value is -1.31. The zero-order chi connectivity index (χ0) is 13.9. The summed E-state index contributed by atoms with van der Waals surface area (Å²) in [5, 5.41) is 0. The van der Waals surface area contributed by atoms with Crippen LogP contribution in [0.15, 0.2) is 24.3 Å². The highest BCUT2D eigenvalue weighted by Crippen LogP contribution is 2.32. The number of carbonyl (C=O) groups is 1. The molecule has 1 heterocycles. The minimum absolute atomic E-state index is 0.312. The Bertz CT molecular complexity index is 482. The molecule has 2 heteroatoms. The van der Waals surface area contributed by atoms with Gasteiger partial charge in [0, 0.05) is 13.1 Å². The molecule has 1 amide bonds. The van der Waals surface area contributed by atoms with E-state index in [4.69, 9.17) is 0 Å². The first kappa shape index (κ1) is 13.7. The third kappa shape index (κ3) is 2.89. The van der Waals surface area contributed by atoms with E-state index in [1.807, 2.05) is 6.07 Å². The van der Waals surface area contributed by atoms with Gasteiger partial charge in [-0.25, -0.2) is 0 Å². The Kier molecular flexibility index (Phi) is 4.09. The molecule has 0 radical (unpaired) electrons. The molecule has 2 aliphatic rings. The van der Waals surface area contributed by atoms with Gasteiger partial charge >= 0.3 is 0 Å². The maximum Gasteiger partial charge on any atom is 0.227 e. The third-order valence-electron chi connectivity index (χ3n) is 5.23. The number of nitrogens with zero attached hydrogens (tertiary/aromatic N) is 1. The number of hydrogen-bond acceptors (Lipinski definition) is 1. The number of hydrogen-bond donors (Lipinski definition) is 0. The smallest absolute Gasteiger partial charge is 0.227 e. The molecule has 0 saturated heterocycles. The molecule has 1 saturated carbocycles. The van der Waals surface area contributed by atoms with Crippen molar-refractivity contribution >= 4 is 5.91 Å². The first-order valence-corrected chi connectivity index (χ1v) is 8.08. The Morgan fingerprint density at radius 3 is 2.70 bits per heavy atom. The van der Waals surface area contributed by atoms with Crippen LogP contribution in [0.25, 0.3) is 0 Å². The zero-order valence-electron chi connectivity index (χ0n) is 12.5. The molecule has 2 nitrogen and oxygen atoms in total. The van der Waals surface area contributed by atoms with Crippen molar-refractivity contribution in [3.8, 4) is 0 Å². The van der Waals surface area contributed by atoms with Gasteiger partial charge in [0.05, 0.1) is 6.42 Å². The number of amides is 1. The van der Waals surface area contributed by atoms with Crippen LogP contribution in [-0.4, -0.2) is 17.4 Å². The standard InChI is InChI=1S/C18H25NO/c1-14-6-2-3-7-15(14)10-11-19-13-17-9-5-4-8-16(17)12-18(19)20/h4-5,8-9,14-15H,2-3,6-7,10-13H2,1H3. The SMILES string of the molecule is CC1CCCCC1CCN1Cc2ccccc2CC1=O. The number of carbonyl (C=O) groups excluding carboxylic acids is 1. The van der Waals surface area contributed by atoms with Crippen LogP contribution >= 0.6 is 0 Å². The van der Waals surface area contributed by atoms with Gasteiger partial charge in [-0.1, -0.05) is 56.9 Å². The molecule has 20 heavy (non-hydrogen) atoms. The lowest BCUT2D eigenvalue weighted by Gasteiger charge is -2.33. The van der Waals surface area contributed by atoms with Gasteiger partial charge in [-0.05, 0) is 29.4 Å². The van der Waals surface area contributed by atoms with Gasteiger partial charge in [0.25, 0.3) is 0 Å². The minimum atomic E-state index is 0.312. The normalized spacial score (nSPS) is 26.4. The highest BCUT2D eigenvalue weighted by atomic mass is 16.2. The lowest BCUT2D eigenvalue weighted by Crippen LogP contribution is -2.38. The molecule has 0 spiro atoms. The van der Waals surface area contributed by atoms with Gasteiger partial charge < -0.3 is 4.90 Å². The molecule has 3 rings (SSSR count). The minimum Gasteiger partial charge on any atom is -0.338 e. The molecule has 0 aromatic heterocycles. The lowest BCUT2D eigenvalue weighted by atomic mass is 9.78. The highest BCUT2D eigenvalue weighted by Gasteiger charge is 2.25. The monoisotopic (exact) mass is 271 g/mol. The largest absolute Gasteiger partial charge is 0.338 e. The quantitative estimate of drug-likeness (QED) is 0.819. The Balaban J connectivity index is 1.59. The van der Waals surface area contributed by atoms with Gasteiger partial charge in [0.2, 0.25) is 5.91 Å². The predicted molar refractivity (Wildman–Crippen MR) is 81.3 cm³/mol. The van der Waals surface area contributed by atoms with Crippen molar-refractivity contribution in [1.82, 2.24) is 4.90 Å². The van der Waals surface area contributed by atoms with Crippen LogP contribution < -0.4 is 0 Å². The second-order valence-electron chi connectivity index (χ2n) is 6.57. The van der Waals surface area contributed by atoms with Crippen molar-refractivity contribution < 1.29 is 4.79 Å². The summed E-state index contributed by atoms with van der Waals surface area (Å²) < 4.78 is 0. The van der Waals surface area contributed by atoms with Crippen LogP contribution in [0.1, 0.15) is 50.2 Å². The maximum absolute atomic E-state index is 12.2. The third-order valence-corrected chi connectivity index (χ3v) is 5.23. The summed E-state index contributed by atoms with van der Waals surface area (Å²) in [7, 11) is 0. The summed E-state index contributed by atoms with van der Waals surface area (Å²) in [5.74, 6) is 1.98. The molecule has 2 unspecified atom stereocenters. The topological polar surface area (TPSA) is 20.3 Å². The summed E-state index contributed by atoms with van der Waals surface area (Å²) in [6.45, 7) is 4.15. The molecule has 1 aliphatic heterocycles. The van der Waals surface area contributed by atoms with Gasteiger partial charge in [-0.3, -0.25) is 4.79 Å². The first-order valence-electron chi connectivity index (χ1n) is 8.08. The summed E-state index contributed by atoms with van der Waals surface area (Å²) in [6.07, 6.45) is 7.30. The summed E-state index contributed by atoms with van der Waals surface area (Å²) in [5.41, 5.74) is 2.56. The first-order chi connectivity index (χ1) is 9.74. The van der Waals surface area contributed by atoms with Crippen LogP contribution in [0.5, 0.6) is 0 Å². The van der Waals surface area contributed by atoms with E-state index < -0.39 is 0 Å². The zero-order valence-corrected chi connectivity index (χ0v) is 12.5. The summed E-state index contributed by atoms with van der Waals surface area (Å²) in [4.78, 5) is 14.3. The van der Waals surface area contributed by atoms with Gasteiger partial charge in [0.1, 0.15) is 0 Å². The maximum atomic E-state index is 12.2.